The zero-order valence-electron chi connectivity index (χ0n) is 11.7. The highest BCUT2D eigenvalue weighted by molar-refractivity contribution is 5.86. The molecule has 2 aromatic rings. The lowest BCUT2D eigenvalue weighted by Gasteiger charge is -2.20. The first-order valence-electron chi connectivity index (χ1n) is 6.62. The van der Waals surface area contributed by atoms with E-state index in [0.717, 1.165) is 6.42 Å². The molecule has 2 aromatic carbocycles. The summed E-state index contributed by atoms with van der Waals surface area (Å²) < 4.78 is 0. The molecule has 0 aromatic heterocycles. The van der Waals surface area contributed by atoms with Crippen molar-refractivity contribution in [1.29, 1.82) is 0 Å². The van der Waals surface area contributed by atoms with Crippen molar-refractivity contribution in [3.05, 3.63) is 47.5 Å². The van der Waals surface area contributed by atoms with Gasteiger partial charge in [-0.2, -0.15) is 0 Å². The van der Waals surface area contributed by atoms with E-state index in [4.69, 9.17) is 0 Å². The van der Waals surface area contributed by atoms with Gasteiger partial charge in [0.1, 0.15) is 0 Å². The average molecular weight is 256 g/mol. The van der Waals surface area contributed by atoms with Gasteiger partial charge < -0.3 is 5.11 Å². The minimum absolute atomic E-state index is 0.650. The second-order valence-corrected chi connectivity index (χ2v) is 5.77. The van der Waals surface area contributed by atoms with Gasteiger partial charge in [0.25, 0.3) is 0 Å². The van der Waals surface area contributed by atoms with Crippen molar-refractivity contribution in [2.75, 3.05) is 0 Å². The van der Waals surface area contributed by atoms with Crippen LogP contribution in [-0.4, -0.2) is 11.1 Å². The maximum atomic E-state index is 11.2. The number of fused-ring (bicyclic) bond motifs is 1. The van der Waals surface area contributed by atoms with Crippen LogP contribution in [0.1, 0.15) is 31.4 Å². The molecule has 0 aliphatic heterocycles. The largest absolute Gasteiger partial charge is 0.481 e. The first-order valence-corrected chi connectivity index (χ1v) is 6.62. The van der Waals surface area contributed by atoms with E-state index in [1.54, 1.807) is 13.8 Å². The van der Waals surface area contributed by atoms with Gasteiger partial charge >= 0.3 is 5.97 Å². The summed E-state index contributed by atoms with van der Waals surface area (Å²) in [5.41, 5.74) is 1.83. The van der Waals surface area contributed by atoms with Crippen LogP contribution in [0.5, 0.6) is 0 Å². The van der Waals surface area contributed by atoms with Gasteiger partial charge in [-0.25, -0.2) is 0 Å². The fourth-order valence-corrected chi connectivity index (χ4v) is 2.32. The molecule has 0 aliphatic rings. The maximum Gasteiger partial charge on any atom is 0.309 e. The predicted molar refractivity (Wildman–Crippen MR) is 78.4 cm³/mol. The highest BCUT2D eigenvalue weighted by atomic mass is 16.4. The fraction of sp³-hybridized carbons (Fsp3) is 0.353. The summed E-state index contributed by atoms with van der Waals surface area (Å²) in [6.07, 6.45) is 1.45. The number of hydrogen-bond donors (Lipinski definition) is 1. The molecule has 1 N–H and O–H groups in total. The highest BCUT2D eigenvalue weighted by Gasteiger charge is 2.26. The molecule has 0 amide bonds. The second-order valence-electron chi connectivity index (χ2n) is 5.77. The molecule has 0 atom stereocenters. The number of hydrogen-bond acceptors (Lipinski definition) is 1. The quantitative estimate of drug-likeness (QED) is 0.890. The molecule has 0 bridgehead atoms. The lowest BCUT2D eigenvalue weighted by Crippen LogP contribution is -2.24. The maximum absolute atomic E-state index is 11.2. The average Bonchev–Trinajstić information content (AvgIpc) is 2.37. The lowest BCUT2D eigenvalue weighted by molar-refractivity contribution is -0.147. The Balaban J connectivity index is 2.35. The lowest BCUT2D eigenvalue weighted by atomic mass is 9.84. The highest BCUT2D eigenvalue weighted by Crippen LogP contribution is 2.28. The number of aliphatic carboxylic acids is 1. The molecule has 0 radical (unpaired) electrons. The molecule has 100 valence electrons. The smallest absolute Gasteiger partial charge is 0.309 e. The molecule has 0 aliphatic carbocycles. The van der Waals surface area contributed by atoms with Gasteiger partial charge in [0.15, 0.2) is 0 Å². The van der Waals surface area contributed by atoms with Gasteiger partial charge in [0, 0.05) is 0 Å². The number of carbonyl (C=O) groups is 1. The number of aryl methyl sites for hydroxylation is 2. The Labute approximate surface area is 114 Å². The van der Waals surface area contributed by atoms with Crippen molar-refractivity contribution in [3.63, 3.8) is 0 Å². The third kappa shape index (κ3) is 2.78. The van der Waals surface area contributed by atoms with Crippen LogP contribution >= 0.6 is 0 Å². The first kappa shape index (κ1) is 13.6. The number of carboxylic acid groups (broad SMARTS) is 1. The van der Waals surface area contributed by atoms with Gasteiger partial charge in [-0.15, -0.1) is 0 Å². The first-order chi connectivity index (χ1) is 8.92. The Hall–Kier alpha value is -1.83. The van der Waals surface area contributed by atoms with Crippen LogP contribution in [0.4, 0.5) is 0 Å². The van der Waals surface area contributed by atoms with E-state index in [1.165, 1.54) is 21.9 Å². The Morgan fingerprint density at radius 3 is 2.53 bits per heavy atom. The third-order valence-corrected chi connectivity index (χ3v) is 3.85. The van der Waals surface area contributed by atoms with E-state index in [1.807, 2.05) is 12.1 Å². The van der Waals surface area contributed by atoms with Crippen LogP contribution in [0.2, 0.25) is 0 Å². The molecule has 2 rings (SSSR count). The molecule has 2 nitrogen and oxygen atoms in total. The van der Waals surface area contributed by atoms with Crippen LogP contribution in [0.3, 0.4) is 0 Å². The molecule has 2 heteroatoms. The minimum Gasteiger partial charge on any atom is -0.481 e. The van der Waals surface area contributed by atoms with E-state index in [0.29, 0.717) is 6.42 Å². The molecule has 0 saturated carbocycles. The zero-order chi connectivity index (χ0) is 14.0. The number of rotatable bonds is 4. The van der Waals surface area contributed by atoms with E-state index >= 15 is 0 Å². The van der Waals surface area contributed by atoms with E-state index in [2.05, 4.69) is 31.2 Å². The van der Waals surface area contributed by atoms with Gasteiger partial charge in [-0.05, 0) is 55.5 Å². The second kappa shape index (κ2) is 5.04. The number of benzene rings is 2. The third-order valence-electron chi connectivity index (χ3n) is 3.85. The van der Waals surface area contributed by atoms with Crippen molar-refractivity contribution in [3.8, 4) is 0 Å². The van der Waals surface area contributed by atoms with Gasteiger partial charge in [0.2, 0.25) is 0 Å². The van der Waals surface area contributed by atoms with Crippen molar-refractivity contribution in [2.45, 2.75) is 33.6 Å². The summed E-state index contributed by atoms with van der Waals surface area (Å²) >= 11 is 0. The normalized spacial score (nSPS) is 11.7. The summed E-state index contributed by atoms with van der Waals surface area (Å²) in [4.78, 5) is 11.2. The standard InChI is InChI=1S/C17H20O2/c1-12-8-9-13-6-4-5-7-15(13)14(12)10-11-17(2,3)16(18)19/h4-9H,10-11H2,1-3H3,(H,18,19). The van der Waals surface area contributed by atoms with Gasteiger partial charge in [-0.1, -0.05) is 36.4 Å². The minimum atomic E-state index is -0.731. The SMILES string of the molecule is Cc1ccc2ccccc2c1CCC(C)(C)C(=O)O. The van der Waals surface area contributed by atoms with Crippen LogP contribution in [0.25, 0.3) is 10.8 Å². The van der Waals surface area contributed by atoms with Crippen molar-refractivity contribution < 1.29 is 9.90 Å². The Bertz CT molecular complexity index is 612. The molecule has 19 heavy (non-hydrogen) atoms. The van der Waals surface area contributed by atoms with Crippen molar-refractivity contribution >= 4 is 16.7 Å². The molecular weight excluding hydrogens is 236 g/mol. The molecule has 0 saturated heterocycles. The van der Waals surface area contributed by atoms with Crippen LogP contribution < -0.4 is 0 Å². The van der Waals surface area contributed by atoms with Gasteiger partial charge in [-0.3, -0.25) is 4.79 Å². The van der Waals surface area contributed by atoms with Crippen molar-refractivity contribution in [1.82, 2.24) is 0 Å². The molecule has 0 heterocycles. The summed E-state index contributed by atoms with van der Waals surface area (Å²) in [6, 6.07) is 12.5. The molecule has 0 unspecified atom stereocenters. The summed E-state index contributed by atoms with van der Waals surface area (Å²) in [7, 11) is 0. The van der Waals surface area contributed by atoms with E-state index in [9.17, 15) is 9.90 Å². The Kier molecular flexibility index (Phi) is 3.61. The number of carboxylic acids is 1. The monoisotopic (exact) mass is 256 g/mol. The van der Waals surface area contributed by atoms with Crippen LogP contribution in [0, 0.1) is 12.3 Å². The zero-order valence-corrected chi connectivity index (χ0v) is 11.7. The van der Waals surface area contributed by atoms with E-state index in [-0.39, 0.29) is 0 Å². The summed E-state index contributed by atoms with van der Waals surface area (Å²) in [6.45, 7) is 5.67. The summed E-state index contributed by atoms with van der Waals surface area (Å²) in [5.74, 6) is -0.731. The van der Waals surface area contributed by atoms with E-state index < -0.39 is 11.4 Å². The predicted octanol–water partition coefficient (Wildman–Crippen LogP) is 4.19. The van der Waals surface area contributed by atoms with Gasteiger partial charge in [0.05, 0.1) is 5.41 Å². The van der Waals surface area contributed by atoms with Crippen LogP contribution in [-0.2, 0) is 11.2 Å². The summed E-state index contributed by atoms with van der Waals surface area (Å²) in [5, 5.41) is 11.7. The van der Waals surface area contributed by atoms with Crippen molar-refractivity contribution in [2.24, 2.45) is 5.41 Å². The molecular formula is C17H20O2. The molecule has 0 spiro atoms. The Morgan fingerprint density at radius 1 is 1.16 bits per heavy atom. The van der Waals surface area contributed by atoms with Crippen LogP contribution in [0.15, 0.2) is 36.4 Å². The molecule has 0 fully saturated rings. The Morgan fingerprint density at radius 2 is 1.84 bits per heavy atom. The fourth-order valence-electron chi connectivity index (χ4n) is 2.32. The topological polar surface area (TPSA) is 37.3 Å².